The van der Waals surface area contributed by atoms with Crippen molar-refractivity contribution in [2.45, 2.75) is 18.7 Å². The Hall–Kier alpha value is -1.91. The van der Waals surface area contributed by atoms with Crippen LogP contribution in [0.25, 0.3) is 21.5 Å². The fourth-order valence-electron chi connectivity index (χ4n) is 2.75. The molecule has 0 fully saturated rings. The molecule has 102 valence electrons. The number of hydrogen-bond acceptors (Lipinski definition) is 2. The van der Waals surface area contributed by atoms with Crippen LogP contribution >= 0.6 is 0 Å². The fraction of sp³-hybridized carbons (Fsp3) is 0.125. The average molecular weight is 286 g/mol. The largest absolute Gasteiger partial charge is 0.294 e. The van der Waals surface area contributed by atoms with Gasteiger partial charge in [-0.2, -0.15) is 8.42 Å². The molecule has 3 nitrogen and oxygen atoms in total. The second kappa shape index (κ2) is 4.30. The van der Waals surface area contributed by atoms with Gasteiger partial charge < -0.3 is 0 Å². The third-order valence-electron chi connectivity index (χ3n) is 3.83. The normalized spacial score (nSPS) is 12.2. The Morgan fingerprint density at radius 2 is 1.30 bits per heavy atom. The van der Waals surface area contributed by atoms with Gasteiger partial charge in [0.1, 0.15) is 0 Å². The highest BCUT2D eigenvalue weighted by molar-refractivity contribution is 7.85. The number of fused-ring (bicyclic) bond motifs is 2. The van der Waals surface area contributed by atoms with Crippen LogP contribution in [0.15, 0.2) is 47.4 Å². The zero-order valence-corrected chi connectivity index (χ0v) is 12.0. The molecule has 0 bridgehead atoms. The number of rotatable bonds is 1. The van der Waals surface area contributed by atoms with Crippen molar-refractivity contribution in [2.24, 2.45) is 0 Å². The maximum absolute atomic E-state index is 11.3. The van der Waals surface area contributed by atoms with Crippen LogP contribution in [-0.4, -0.2) is 13.0 Å². The van der Waals surface area contributed by atoms with E-state index in [-0.39, 0.29) is 4.90 Å². The maximum atomic E-state index is 11.3. The minimum Gasteiger partial charge on any atom is -0.282 e. The quantitative estimate of drug-likeness (QED) is 0.546. The zero-order chi connectivity index (χ0) is 14.5. The molecule has 0 spiro atoms. The lowest BCUT2D eigenvalue weighted by Gasteiger charge is -2.12. The zero-order valence-electron chi connectivity index (χ0n) is 11.2. The molecule has 0 amide bonds. The van der Waals surface area contributed by atoms with E-state index in [1.807, 2.05) is 32.0 Å². The van der Waals surface area contributed by atoms with E-state index >= 15 is 0 Å². The molecule has 20 heavy (non-hydrogen) atoms. The van der Waals surface area contributed by atoms with Gasteiger partial charge >= 0.3 is 0 Å². The smallest absolute Gasteiger partial charge is 0.282 e. The van der Waals surface area contributed by atoms with Crippen molar-refractivity contribution in [3.63, 3.8) is 0 Å². The van der Waals surface area contributed by atoms with Gasteiger partial charge in [0.2, 0.25) is 0 Å². The van der Waals surface area contributed by atoms with Gasteiger partial charge in [-0.05, 0) is 58.7 Å². The first kappa shape index (κ1) is 13.1. The van der Waals surface area contributed by atoms with Gasteiger partial charge in [-0.1, -0.05) is 30.3 Å². The van der Waals surface area contributed by atoms with Gasteiger partial charge in [-0.3, -0.25) is 4.55 Å². The summed E-state index contributed by atoms with van der Waals surface area (Å²) in [5.74, 6) is 0. The summed E-state index contributed by atoms with van der Waals surface area (Å²) in [5, 5.41) is 4.13. The van der Waals surface area contributed by atoms with Gasteiger partial charge in [0.25, 0.3) is 10.1 Å². The Morgan fingerprint density at radius 3 is 1.85 bits per heavy atom. The van der Waals surface area contributed by atoms with Crippen molar-refractivity contribution in [1.82, 2.24) is 0 Å². The molecule has 0 radical (unpaired) electrons. The minimum absolute atomic E-state index is 0.0669. The number of hydrogen-bond donors (Lipinski definition) is 1. The first-order chi connectivity index (χ1) is 9.39. The predicted molar refractivity (Wildman–Crippen MR) is 80.7 cm³/mol. The van der Waals surface area contributed by atoms with Crippen molar-refractivity contribution >= 4 is 31.7 Å². The summed E-state index contributed by atoms with van der Waals surface area (Å²) >= 11 is 0. The summed E-state index contributed by atoms with van der Waals surface area (Å²) in [7, 11) is -4.18. The second-order valence-corrected chi connectivity index (χ2v) is 6.40. The van der Waals surface area contributed by atoms with Crippen LogP contribution in [0.2, 0.25) is 0 Å². The summed E-state index contributed by atoms with van der Waals surface area (Å²) in [6, 6.07) is 12.8. The molecule has 0 atom stereocenters. The summed E-state index contributed by atoms with van der Waals surface area (Å²) in [5.41, 5.74) is 2.13. The van der Waals surface area contributed by atoms with Crippen LogP contribution in [0, 0.1) is 13.8 Å². The Bertz CT molecular complexity index is 941. The van der Waals surface area contributed by atoms with E-state index in [0.29, 0.717) is 0 Å². The molecule has 0 unspecified atom stereocenters. The Kier molecular flexibility index (Phi) is 2.81. The van der Waals surface area contributed by atoms with E-state index < -0.39 is 10.1 Å². The molecule has 3 aromatic rings. The Morgan fingerprint density at radius 1 is 0.800 bits per heavy atom. The topological polar surface area (TPSA) is 54.4 Å². The number of benzene rings is 3. The second-order valence-electron chi connectivity index (χ2n) is 4.98. The highest BCUT2D eigenvalue weighted by atomic mass is 32.2. The molecule has 3 aromatic carbocycles. The van der Waals surface area contributed by atoms with E-state index in [4.69, 9.17) is 0 Å². The van der Waals surface area contributed by atoms with Crippen LogP contribution < -0.4 is 0 Å². The molecule has 0 saturated carbocycles. The fourth-order valence-corrected chi connectivity index (χ4v) is 3.26. The molecule has 0 aliphatic rings. The first-order valence-electron chi connectivity index (χ1n) is 6.29. The van der Waals surface area contributed by atoms with E-state index in [2.05, 4.69) is 6.07 Å². The van der Waals surface area contributed by atoms with Crippen molar-refractivity contribution in [3.05, 3.63) is 53.6 Å². The van der Waals surface area contributed by atoms with E-state index in [1.54, 1.807) is 12.1 Å². The molecule has 3 rings (SSSR count). The van der Waals surface area contributed by atoms with Crippen LogP contribution in [0.5, 0.6) is 0 Å². The van der Waals surface area contributed by atoms with Gasteiger partial charge in [-0.25, -0.2) is 0 Å². The Labute approximate surface area is 117 Å². The molecule has 1 N–H and O–H groups in total. The molecule has 0 saturated heterocycles. The molecule has 0 aromatic heterocycles. The average Bonchev–Trinajstić information content (AvgIpc) is 2.43. The lowest BCUT2D eigenvalue weighted by atomic mass is 9.93. The molecular formula is C16H14O3S. The van der Waals surface area contributed by atoms with Crippen LogP contribution in [0.4, 0.5) is 0 Å². The predicted octanol–water partition coefficient (Wildman–Crippen LogP) is 3.86. The highest BCUT2D eigenvalue weighted by Crippen LogP contribution is 2.33. The van der Waals surface area contributed by atoms with Crippen molar-refractivity contribution in [1.29, 1.82) is 0 Å². The van der Waals surface area contributed by atoms with Gasteiger partial charge in [0, 0.05) is 0 Å². The summed E-state index contributed by atoms with van der Waals surface area (Å²) in [4.78, 5) is -0.0669. The maximum Gasteiger partial charge on any atom is 0.294 e. The molecule has 0 aliphatic carbocycles. The van der Waals surface area contributed by atoms with Crippen LogP contribution in [0.1, 0.15) is 11.1 Å². The SMILES string of the molecule is Cc1c2ccccc2c(C)c2cc(S(=O)(=O)O)ccc12. The Balaban J connectivity index is 2.53. The lowest BCUT2D eigenvalue weighted by Crippen LogP contribution is -1.98. The number of aryl methyl sites for hydroxylation is 2. The van der Waals surface area contributed by atoms with E-state index in [9.17, 15) is 13.0 Å². The standard InChI is InChI=1S/C16H14O3S/c1-10-13-5-3-4-6-14(13)11(2)16-9-12(20(17,18)19)7-8-15(10)16/h3-9H,1-2H3,(H,17,18,19). The summed E-state index contributed by atoms with van der Waals surface area (Å²) in [6.45, 7) is 4.00. The molecular weight excluding hydrogens is 272 g/mol. The van der Waals surface area contributed by atoms with Crippen molar-refractivity contribution < 1.29 is 13.0 Å². The lowest BCUT2D eigenvalue weighted by molar-refractivity contribution is 0.483. The molecule has 0 heterocycles. The third-order valence-corrected chi connectivity index (χ3v) is 4.68. The highest BCUT2D eigenvalue weighted by Gasteiger charge is 2.13. The van der Waals surface area contributed by atoms with Crippen molar-refractivity contribution in [2.75, 3.05) is 0 Å². The molecule has 0 aliphatic heterocycles. The summed E-state index contributed by atoms with van der Waals surface area (Å²) in [6.07, 6.45) is 0. The van der Waals surface area contributed by atoms with E-state index in [1.165, 1.54) is 6.07 Å². The summed E-state index contributed by atoms with van der Waals surface area (Å²) < 4.78 is 31.8. The van der Waals surface area contributed by atoms with Gasteiger partial charge in [0.15, 0.2) is 0 Å². The first-order valence-corrected chi connectivity index (χ1v) is 7.73. The molecule has 4 heteroatoms. The van der Waals surface area contributed by atoms with Crippen LogP contribution in [0.3, 0.4) is 0 Å². The minimum atomic E-state index is -4.18. The third kappa shape index (κ3) is 1.88. The van der Waals surface area contributed by atoms with Gasteiger partial charge in [-0.15, -0.1) is 0 Å². The monoisotopic (exact) mass is 286 g/mol. The van der Waals surface area contributed by atoms with Crippen LogP contribution in [-0.2, 0) is 10.1 Å². The van der Waals surface area contributed by atoms with Gasteiger partial charge in [0.05, 0.1) is 4.90 Å². The van der Waals surface area contributed by atoms with Crippen molar-refractivity contribution in [3.8, 4) is 0 Å². The van der Waals surface area contributed by atoms with E-state index in [0.717, 1.165) is 32.7 Å².